The number of rotatable bonds is 19. The molecular weight excluding hydrogens is 592 g/mol. The highest BCUT2D eigenvalue weighted by Crippen LogP contribution is 2.35. The third kappa shape index (κ3) is 13.0. The van der Waals surface area contributed by atoms with Crippen LogP contribution in [0.4, 0.5) is 0 Å². The summed E-state index contributed by atoms with van der Waals surface area (Å²) >= 11 is 0. The van der Waals surface area contributed by atoms with Crippen LogP contribution in [0.5, 0.6) is 0 Å². The zero-order valence-electron chi connectivity index (χ0n) is 30.9. The molecule has 0 amide bonds. The van der Waals surface area contributed by atoms with Gasteiger partial charge in [-0.25, -0.2) is 9.59 Å². The molecular formula is C44H66O4. The number of carbonyl (C=O) groups is 2. The first-order valence-corrected chi connectivity index (χ1v) is 19.9. The number of unbranched alkanes of at least 4 members (excludes halogenated alkanes) is 2. The SMILES string of the molecule is CCCC1CCC(CCCCc2ccc(C(=O)O[C@H](C)[C@@H](C)OC(=O)c3ccc(CCCCC4CCC(CCC)CC4)cc3)cc2)CC1. The third-order valence-electron chi connectivity index (χ3n) is 11.6. The van der Waals surface area contributed by atoms with Crippen molar-refractivity contribution in [3.63, 3.8) is 0 Å². The molecule has 2 atom stereocenters. The van der Waals surface area contributed by atoms with Crippen LogP contribution in [-0.2, 0) is 22.3 Å². The number of benzene rings is 2. The molecule has 2 saturated carbocycles. The molecule has 0 aliphatic heterocycles. The Morgan fingerprint density at radius 2 is 0.833 bits per heavy atom. The smallest absolute Gasteiger partial charge is 0.338 e. The van der Waals surface area contributed by atoms with Gasteiger partial charge in [-0.15, -0.1) is 0 Å². The Morgan fingerprint density at radius 3 is 1.15 bits per heavy atom. The van der Waals surface area contributed by atoms with E-state index in [2.05, 4.69) is 13.8 Å². The van der Waals surface area contributed by atoms with Gasteiger partial charge in [0.15, 0.2) is 0 Å². The lowest BCUT2D eigenvalue weighted by molar-refractivity contribution is -0.0239. The molecule has 2 aromatic carbocycles. The number of aryl methyl sites for hydroxylation is 2. The maximum absolute atomic E-state index is 12.8. The van der Waals surface area contributed by atoms with Crippen molar-refractivity contribution in [2.24, 2.45) is 23.7 Å². The van der Waals surface area contributed by atoms with Crippen molar-refractivity contribution in [3.8, 4) is 0 Å². The number of ether oxygens (including phenoxy) is 2. The van der Waals surface area contributed by atoms with Crippen molar-refractivity contribution < 1.29 is 19.1 Å². The van der Waals surface area contributed by atoms with Crippen LogP contribution in [0.3, 0.4) is 0 Å². The Kier molecular flexibility index (Phi) is 16.5. The van der Waals surface area contributed by atoms with Crippen LogP contribution in [0.15, 0.2) is 48.5 Å². The minimum Gasteiger partial charge on any atom is -0.455 e. The van der Waals surface area contributed by atoms with Crippen LogP contribution < -0.4 is 0 Å². The van der Waals surface area contributed by atoms with E-state index in [0.29, 0.717) is 11.1 Å². The predicted octanol–water partition coefficient (Wildman–Crippen LogP) is 12.1. The maximum atomic E-state index is 12.8. The van der Waals surface area contributed by atoms with Crippen LogP contribution in [0.1, 0.15) is 175 Å². The fourth-order valence-corrected chi connectivity index (χ4v) is 8.24. The Bertz CT molecular complexity index is 1090. The van der Waals surface area contributed by atoms with Gasteiger partial charge >= 0.3 is 11.9 Å². The third-order valence-corrected chi connectivity index (χ3v) is 11.6. The van der Waals surface area contributed by atoms with E-state index < -0.39 is 12.2 Å². The highest BCUT2D eigenvalue weighted by molar-refractivity contribution is 5.90. The summed E-state index contributed by atoms with van der Waals surface area (Å²) in [6.07, 6.45) is 25.6. The monoisotopic (exact) mass is 658 g/mol. The van der Waals surface area contributed by atoms with Crippen molar-refractivity contribution in [3.05, 3.63) is 70.8 Å². The van der Waals surface area contributed by atoms with E-state index in [1.807, 2.05) is 48.5 Å². The average molecular weight is 659 g/mol. The molecule has 0 aromatic heterocycles. The van der Waals surface area contributed by atoms with Gasteiger partial charge in [0, 0.05) is 0 Å². The van der Waals surface area contributed by atoms with Crippen LogP contribution in [0.25, 0.3) is 0 Å². The van der Waals surface area contributed by atoms with Gasteiger partial charge in [0.05, 0.1) is 11.1 Å². The van der Waals surface area contributed by atoms with Crippen LogP contribution in [-0.4, -0.2) is 24.1 Å². The summed E-state index contributed by atoms with van der Waals surface area (Å²) < 4.78 is 11.4. The first kappa shape index (κ1) is 38.2. The summed E-state index contributed by atoms with van der Waals surface area (Å²) in [4.78, 5) is 25.7. The van der Waals surface area contributed by atoms with Crippen molar-refractivity contribution in [1.82, 2.24) is 0 Å². The molecule has 0 radical (unpaired) electrons. The molecule has 0 heterocycles. The fraction of sp³-hybridized carbons (Fsp3) is 0.682. The van der Waals surface area contributed by atoms with Crippen molar-refractivity contribution >= 4 is 11.9 Å². The molecule has 4 rings (SSSR count). The van der Waals surface area contributed by atoms with E-state index in [1.165, 1.54) is 127 Å². The second-order valence-electron chi connectivity index (χ2n) is 15.5. The summed E-state index contributed by atoms with van der Waals surface area (Å²) in [5.41, 5.74) is 3.59. The molecule has 48 heavy (non-hydrogen) atoms. The zero-order valence-corrected chi connectivity index (χ0v) is 30.9. The normalized spacial score (nSPS) is 22.5. The number of esters is 2. The van der Waals surface area contributed by atoms with E-state index in [4.69, 9.17) is 9.47 Å². The summed E-state index contributed by atoms with van der Waals surface area (Å²) in [7, 11) is 0. The van der Waals surface area contributed by atoms with E-state index in [1.54, 1.807) is 13.8 Å². The predicted molar refractivity (Wildman–Crippen MR) is 198 cm³/mol. The molecule has 0 bridgehead atoms. The molecule has 266 valence electrons. The highest BCUT2D eigenvalue weighted by Gasteiger charge is 2.23. The largest absolute Gasteiger partial charge is 0.455 e. The van der Waals surface area contributed by atoms with Gasteiger partial charge in [-0.3, -0.25) is 0 Å². The average Bonchev–Trinajstić information content (AvgIpc) is 3.10. The number of hydrogen-bond acceptors (Lipinski definition) is 4. The second kappa shape index (κ2) is 20.8. The zero-order chi connectivity index (χ0) is 34.1. The second-order valence-corrected chi connectivity index (χ2v) is 15.5. The Hall–Kier alpha value is -2.62. The molecule has 2 aromatic rings. The van der Waals surface area contributed by atoms with Gasteiger partial charge in [-0.2, -0.15) is 0 Å². The topological polar surface area (TPSA) is 52.6 Å². The van der Waals surface area contributed by atoms with E-state index in [-0.39, 0.29) is 11.9 Å². The van der Waals surface area contributed by atoms with Crippen molar-refractivity contribution in [1.29, 1.82) is 0 Å². The molecule has 0 spiro atoms. The van der Waals surface area contributed by atoms with Crippen LogP contribution in [0, 0.1) is 23.7 Å². The molecule has 0 saturated heterocycles. The minimum absolute atomic E-state index is 0.385. The summed E-state index contributed by atoms with van der Waals surface area (Å²) in [6, 6.07) is 15.6. The van der Waals surface area contributed by atoms with Crippen LogP contribution >= 0.6 is 0 Å². The Morgan fingerprint density at radius 1 is 0.521 bits per heavy atom. The lowest BCUT2D eigenvalue weighted by atomic mass is 9.78. The minimum atomic E-state index is -0.556. The maximum Gasteiger partial charge on any atom is 0.338 e. The fourth-order valence-electron chi connectivity index (χ4n) is 8.24. The first-order chi connectivity index (χ1) is 23.3. The van der Waals surface area contributed by atoms with Crippen LogP contribution in [0.2, 0.25) is 0 Å². The molecule has 4 nitrogen and oxygen atoms in total. The Labute approximate surface area is 293 Å². The van der Waals surface area contributed by atoms with E-state index in [0.717, 1.165) is 36.5 Å². The van der Waals surface area contributed by atoms with Gasteiger partial charge in [0.2, 0.25) is 0 Å². The molecule has 0 unspecified atom stereocenters. The first-order valence-electron chi connectivity index (χ1n) is 19.9. The van der Waals surface area contributed by atoms with Gasteiger partial charge in [-0.05, 0) is 98.6 Å². The number of carbonyl (C=O) groups excluding carboxylic acids is 2. The van der Waals surface area contributed by atoms with Gasteiger partial charge in [0.25, 0.3) is 0 Å². The van der Waals surface area contributed by atoms with E-state index >= 15 is 0 Å². The molecule has 2 aliphatic rings. The van der Waals surface area contributed by atoms with Gasteiger partial charge in [-0.1, -0.05) is 141 Å². The lowest BCUT2D eigenvalue weighted by Crippen LogP contribution is -2.30. The van der Waals surface area contributed by atoms with E-state index in [9.17, 15) is 9.59 Å². The number of hydrogen-bond donors (Lipinski definition) is 0. The molecule has 0 N–H and O–H groups in total. The van der Waals surface area contributed by atoms with Gasteiger partial charge in [0.1, 0.15) is 12.2 Å². The quantitative estimate of drug-likeness (QED) is 0.111. The molecule has 4 heteroatoms. The summed E-state index contributed by atoms with van der Waals surface area (Å²) in [5, 5.41) is 0. The molecule has 2 fully saturated rings. The van der Waals surface area contributed by atoms with Crippen molar-refractivity contribution in [2.75, 3.05) is 0 Å². The van der Waals surface area contributed by atoms with Crippen molar-refractivity contribution in [2.45, 2.75) is 168 Å². The summed E-state index contributed by atoms with van der Waals surface area (Å²) in [6.45, 7) is 8.17. The Balaban J connectivity index is 1.09. The molecule has 2 aliphatic carbocycles. The standard InChI is InChI=1S/C44H66O4/c1-5-11-35-17-21-37(22-18-35)13-7-9-15-39-25-29-41(30-26-39)43(45)47-33(3)34(4)48-44(46)42-31-27-40(28-32-42)16-10-8-14-38-23-19-36(12-6-2)20-24-38/h25-38H,5-24H2,1-4H3/t33-,34-,35?,36?,37?,38?/m1/s1. The van der Waals surface area contributed by atoms with Gasteiger partial charge < -0.3 is 9.47 Å². The lowest BCUT2D eigenvalue weighted by Gasteiger charge is -2.28. The summed E-state index contributed by atoms with van der Waals surface area (Å²) in [5.74, 6) is 3.04. The highest BCUT2D eigenvalue weighted by atomic mass is 16.6.